The number of aromatic nitrogens is 2. The van der Waals surface area contributed by atoms with Crippen LogP contribution in [-0.2, 0) is 11.3 Å². The molecule has 1 fully saturated rings. The van der Waals surface area contributed by atoms with Crippen molar-refractivity contribution in [2.45, 2.75) is 6.54 Å². The number of hydrogen-bond donors (Lipinski definition) is 3. The minimum Gasteiger partial charge on any atom is -0.494 e. The quantitative estimate of drug-likeness (QED) is 0.357. The number of piperazine rings is 1. The molecule has 1 aliphatic heterocycles. The van der Waals surface area contributed by atoms with Gasteiger partial charge in [-0.05, 0) is 43.0 Å². The van der Waals surface area contributed by atoms with Crippen molar-refractivity contribution in [1.29, 1.82) is 0 Å². The number of carbonyl (C=O) groups is 1. The summed E-state index contributed by atoms with van der Waals surface area (Å²) in [4.78, 5) is 25.3. The number of carbonyl (C=O) groups excluding carboxylic acids is 1. The standard InChI is InChI=1S/C27H33N7O3/c1-5-25(35)30-20-8-6-7-19(15-20)17-28-26-24(37-4)18-29-27(32-26)31-22-10-9-21(16-23(22)36-3)34-13-11-33(2)12-14-34/h5-10,15-16,18H,1,11-14,17H2,2-4H3,(H,30,35)(H2,28,29,31,32). The molecule has 1 aromatic heterocycles. The van der Waals surface area contributed by atoms with Gasteiger partial charge in [-0.3, -0.25) is 4.79 Å². The highest BCUT2D eigenvalue weighted by molar-refractivity contribution is 5.98. The van der Waals surface area contributed by atoms with E-state index >= 15 is 0 Å². The lowest BCUT2D eigenvalue weighted by atomic mass is 10.2. The molecule has 194 valence electrons. The minimum atomic E-state index is -0.259. The number of likely N-dealkylation sites (N-methyl/N-ethyl adjacent to an activating group) is 1. The molecule has 0 aliphatic carbocycles. The van der Waals surface area contributed by atoms with Crippen LogP contribution in [0.2, 0.25) is 0 Å². The van der Waals surface area contributed by atoms with Crippen molar-refractivity contribution >= 4 is 34.7 Å². The summed E-state index contributed by atoms with van der Waals surface area (Å²) in [7, 11) is 5.37. The fourth-order valence-electron chi connectivity index (χ4n) is 4.01. The fourth-order valence-corrected chi connectivity index (χ4v) is 4.01. The number of methoxy groups -OCH3 is 2. The number of hydrogen-bond acceptors (Lipinski definition) is 9. The Kier molecular flexibility index (Phi) is 8.42. The third kappa shape index (κ3) is 6.68. The first-order valence-corrected chi connectivity index (χ1v) is 12.0. The second-order valence-electron chi connectivity index (χ2n) is 8.66. The smallest absolute Gasteiger partial charge is 0.247 e. The Morgan fingerprint density at radius 2 is 1.86 bits per heavy atom. The average molecular weight is 504 g/mol. The van der Waals surface area contributed by atoms with Crippen molar-refractivity contribution in [3.8, 4) is 11.5 Å². The van der Waals surface area contributed by atoms with E-state index in [9.17, 15) is 4.79 Å². The number of nitrogens with one attached hydrogen (secondary N) is 3. The van der Waals surface area contributed by atoms with Gasteiger partial charge in [0.1, 0.15) is 5.75 Å². The Bertz CT molecular complexity index is 1240. The maximum Gasteiger partial charge on any atom is 0.247 e. The summed E-state index contributed by atoms with van der Waals surface area (Å²) in [5, 5.41) is 9.32. The first-order valence-electron chi connectivity index (χ1n) is 12.0. The van der Waals surface area contributed by atoms with Crippen molar-refractivity contribution in [1.82, 2.24) is 14.9 Å². The van der Waals surface area contributed by atoms with Gasteiger partial charge in [-0.15, -0.1) is 0 Å². The lowest BCUT2D eigenvalue weighted by molar-refractivity contribution is -0.111. The van der Waals surface area contributed by atoms with Crippen LogP contribution in [-0.4, -0.2) is 68.2 Å². The highest BCUT2D eigenvalue weighted by Crippen LogP contribution is 2.33. The molecular formula is C27H33N7O3. The van der Waals surface area contributed by atoms with Gasteiger partial charge in [-0.25, -0.2) is 4.98 Å². The zero-order chi connectivity index (χ0) is 26.2. The summed E-state index contributed by atoms with van der Waals surface area (Å²) in [6.07, 6.45) is 2.85. The van der Waals surface area contributed by atoms with Crippen LogP contribution < -0.4 is 30.3 Å². The van der Waals surface area contributed by atoms with E-state index in [0.29, 0.717) is 35.5 Å². The maximum atomic E-state index is 11.6. The molecule has 2 aromatic carbocycles. The van der Waals surface area contributed by atoms with Crippen molar-refractivity contribution in [3.63, 3.8) is 0 Å². The Labute approximate surface area is 217 Å². The van der Waals surface area contributed by atoms with Gasteiger partial charge >= 0.3 is 0 Å². The Morgan fingerprint density at radius 3 is 2.59 bits per heavy atom. The van der Waals surface area contributed by atoms with Crippen LogP contribution in [0.3, 0.4) is 0 Å². The maximum absolute atomic E-state index is 11.6. The van der Waals surface area contributed by atoms with E-state index in [2.05, 4.69) is 55.4 Å². The van der Waals surface area contributed by atoms with E-state index in [4.69, 9.17) is 9.47 Å². The fraction of sp³-hybridized carbons (Fsp3) is 0.296. The Hall–Kier alpha value is -4.31. The Morgan fingerprint density at radius 1 is 1.08 bits per heavy atom. The van der Waals surface area contributed by atoms with Crippen LogP contribution >= 0.6 is 0 Å². The van der Waals surface area contributed by atoms with Crippen LogP contribution in [0.25, 0.3) is 0 Å². The molecule has 1 amide bonds. The molecule has 0 bridgehead atoms. The minimum absolute atomic E-state index is 0.259. The molecule has 0 spiro atoms. The molecule has 4 rings (SSSR count). The van der Waals surface area contributed by atoms with Crippen molar-refractivity contribution in [2.75, 3.05) is 68.3 Å². The van der Waals surface area contributed by atoms with E-state index < -0.39 is 0 Å². The van der Waals surface area contributed by atoms with Crippen molar-refractivity contribution in [2.24, 2.45) is 0 Å². The van der Waals surface area contributed by atoms with Gasteiger partial charge < -0.3 is 35.2 Å². The van der Waals surface area contributed by atoms with Gasteiger partial charge in [0.25, 0.3) is 0 Å². The first-order chi connectivity index (χ1) is 18.0. The molecule has 0 radical (unpaired) electrons. The zero-order valence-electron chi connectivity index (χ0n) is 21.5. The highest BCUT2D eigenvalue weighted by Gasteiger charge is 2.17. The molecule has 3 aromatic rings. The molecular weight excluding hydrogens is 470 g/mol. The van der Waals surface area contributed by atoms with Crippen LogP contribution in [0.5, 0.6) is 11.5 Å². The van der Waals surface area contributed by atoms with E-state index in [1.54, 1.807) is 20.4 Å². The second-order valence-corrected chi connectivity index (χ2v) is 8.66. The van der Waals surface area contributed by atoms with Gasteiger partial charge in [-0.2, -0.15) is 4.98 Å². The van der Waals surface area contributed by atoms with E-state index in [1.807, 2.05) is 36.4 Å². The van der Waals surface area contributed by atoms with Gasteiger partial charge in [0.05, 0.1) is 26.1 Å². The van der Waals surface area contributed by atoms with E-state index in [1.165, 1.54) is 6.08 Å². The number of rotatable bonds is 10. The van der Waals surface area contributed by atoms with E-state index in [-0.39, 0.29) is 5.91 Å². The second kappa shape index (κ2) is 12.1. The molecule has 3 N–H and O–H groups in total. The number of ether oxygens (including phenoxy) is 2. The van der Waals surface area contributed by atoms with Gasteiger partial charge in [0, 0.05) is 50.2 Å². The van der Waals surface area contributed by atoms with Gasteiger partial charge in [-0.1, -0.05) is 18.7 Å². The molecule has 37 heavy (non-hydrogen) atoms. The average Bonchev–Trinajstić information content (AvgIpc) is 2.93. The molecule has 10 nitrogen and oxygen atoms in total. The summed E-state index contributed by atoms with van der Waals surface area (Å²) in [6.45, 7) is 7.97. The largest absolute Gasteiger partial charge is 0.494 e. The lowest BCUT2D eigenvalue weighted by Crippen LogP contribution is -2.44. The summed E-state index contributed by atoms with van der Waals surface area (Å²) in [6, 6.07) is 13.6. The molecule has 1 saturated heterocycles. The first kappa shape index (κ1) is 25.8. The van der Waals surface area contributed by atoms with Crippen LogP contribution in [0.1, 0.15) is 5.56 Å². The van der Waals surface area contributed by atoms with Crippen molar-refractivity contribution < 1.29 is 14.3 Å². The monoisotopic (exact) mass is 503 g/mol. The zero-order valence-corrected chi connectivity index (χ0v) is 21.5. The molecule has 0 unspecified atom stereocenters. The predicted molar refractivity (Wildman–Crippen MR) is 147 cm³/mol. The molecule has 0 atom stereocenters. The summed E-state index contributed by atoms with van der Waals surface area (Å²) in [5.41, 5.74) is 3.54. The molecule has 0 saturated carbocycles. The topological polar surface area (TPSA) is 104 Å². The van der Waals surface area contributed by atoms with Crippen LogP contribution in [0.15, 0.2) is 61.3 Å². The van der Waals surface area contributed by atoms with E-state index in [0.717, 1.165) is 43.1 Å². The lowest BCUT2D eigenvalue weighted by Gasteiger charge is -2.34. The van der Waals surface area contributed by atoms with Crippen molar-refractivity contribution in [3.05, 3.63) is 66.9 Å². The number of amides is 1. The third-order valence-electron chi connectivity index (χ3n) is 6.11. The normalized spacial score (nSPS) is 13.5. The highest BCUT2D eigenvalue weighted by atomic mass is 16.5. The number of anilines is 5. The number of benzene rings is 2. The van der Waals surface area contributed by atoms with Gasteiger partial charge in [0.15, 0.2) is 11.6 Å². The summed E-state index contributed by atoms with van der Waals surface area (Å²) < 4.78 is 11.1. The third-order valence-corrected chi connectivity index (χ3v) is 6.11. The SMILES string of the molecule is C=CC(=O)Nc1cccc(CNc2nc(Nc3ccc(N4CCN(C)CC4)cc3OC)ncc2OC)c1. The summed E-state index contributed by atoms with van der Waals surface area (Å²) >= 11 is 0. The Balaban J connectivity index is 1.47. The van der Waals surface area contributed by atoms with Gasteiger partial charge in [0.2, 0.25) is 11.9 Å². The summed E-state index contributed by atoms with van der Waals surface area (Å²) in [5.74, 6) is 1.91. The molecule has 10 heteroatoms. The molecule has 2 heterocycles. The van der Waals surface area contributed by atoms with Crippen LogP contribution in [0.4, 0.5) is 28.8 Å². The predicted octanol–water partition coefficient (Wildman–Crippen LogP) is 3.73. The van der Waals surface area contributed by atoms with Crippen LogP contribution in [0, 0.1) is 0 Å². The number of nitrogens with zero attached hydrogens (tertiary/aromatic N) is 4. The molecule has 1 aliphatic rings.